The number of fused-ring (bicyclic) bond motifs is 4. The topological polar surface area (TPSA) is 70.7 Å². The molecule has 2 bridgehead atoms. The third kappa shape index (κ3) is 2.33. The molecule has 6 heteroatoms. The van der Waals surface area contributed by atoms with Gasteiger partial charge in [-0.15, -0.1) is 0 Å². The first-order chi connectivity index (χ1) is 12.0. The highest BCUT2D eigenvalue weighted by Gasteiger charge is 2.58. The molecular formula is C19H19N3O3. The molecule has 0 radical (unpaired) electrons. The molecule has 128 valence electrons. The number of anilines is 1. The van der Waals surface area contributed by atoms with Crippen LogP contribution in [-0.4, -0.2) is 29.6 Å². The van der Waals surface area contributed by atoms with Gasteiger partial charge in [-0.05, 0) is 25.1 Å². The minimum Gasteiger partial charge on any atom is -0.467 e. The summed E-state index contributed by atoms with van der Waals surface area (Å²) in [5.74, 6) is -0.101. The second kappa shape index (κ2) is 5.51. The summed E-state index contributed by atoms with van der Waals surface area (Å²) in [7, 11) is 1.64. The van der Waals surface area contributed by atoms with Crippen LogP contribution in [0.1, 0.15) is 18.5 Å². The van der Waals surface area contributed by atoms with Gasteiger partial charge in [0.25, 0.3) is 0 Å². The molecule has 2 N–H and O–H groups in total. The summed E-state index contributed by atoms with van der Waals surface area (Å²) in [5, 5.41) is 5.88. The number of carbonyl (C=O) groups excluding carboxylic acids is 2. The molecule has 0 saturated carbocycles. The fourth-order valence-electron chi connectivity index (χ4n) is 3.61. The second-order valence-corrected chi connectivity index (χ2v) is 6.51. The quantitative estimate of drug-likeness (QED) is 0.885. The molecule has 3 amide bonds. The third-order valence-electron chi connectivity index (χ3n) is 5.05. The third-order valence-corrected chi connectivity index (χ3v) is 5.05. The fraction of sp³-hybridized carbons (Fsp3) is 0.263. The van der Waals surface area contributed by atoms with Gasteiger partial charge in [-0.1, -0.05) is 36.4 Å². The number of para-hydroxylation sites is 2. The van der Waals surface area contributed by atoms with Gasteiger partial charge in [-0.25, -0.2) is 4.79 Å². The maximum Gasteiger partial charge on any atom is 0.320 e. The zero-order valence-corrected chi connectivity index (χ0v) is 14.0. The molecule has 4 rings (SSSR count). The summed E-state index contributed by atoms with van der Waals surface area (Å²) in [5.41, 5.74) is 0.455. The van der Waals surface area contributed by atoms with E-state index in [1.165, 1.54) is 4.90 Å². The zero-order chi connectivity index (χ0) is 17.6. The van der Waals surface area contributed by atoms with Gasteiger partial charge in [0.2, 0.25) is 5.91 Å². The van der Waals surface area contributed by atoms with Crippen LogP contribution in [0.4, 0.5) is 10.5 Å². The van der Waals surface area contributed by atoms with E-state index in [1.54, 1.807) is 14.0 Å². The standard InChI is InChI=1S/C19H19N3O3/c1-19-15(17(23)20-12-8-4-3-5-9-12)16(21-18(24)22(19)2)13-10-6-7-11-14(13)25-19/h3-11,15-16H,1-2H3,(H,20,23)(H,21,24)/t15?,16?,19-/m1/s1. The summed E-state index contributed by atoms with van der Waals surface area (Å²) in [6, 6.07) is 16.1. The van der Waals surface area contributed by atoms with Crippen molar-refractivity contribution in [1.29, 1.82) is 0 Å². The number of urea groups is 1. The van der Waals surface area contributed by atoms with Crippen molar-refractivity contribution < 1.29 is 14.3 Å². The van der Waals surface area contributed by atoms with Crippen molar-refractivity contribution in [2.75, 3.05) is 12.4 Å². The van der Waals surface area contributed by atoms with E-state index in [0.29, 0.717) is 11.4 Å². The largest absolute Gasteiger partial charge is 0.467 e. The van der Waals surface area contributed by atoms with Crippen molar-refractivity contribution in [3.05, 3.63) is 60.2 Å². The highest BCUT2D eigenvalue weighted by Crippen LogP contribution is 2.47. The van der Waals surface area contributed by atoms with Crippen LogP contribution in [0, 0.1) is 5.92 Å². The van der Waals surface area contributed by atoms with Gasteiger partial charge in [-0.2, -0.15) is 0 Å². The number of nitrogens with zero attached hydrogens (tertiary/aromatic N) is 1. The normalized spacial score (nSPS) is 27.0. The molecule has 2 unspecified atom stereocenters. The first-order valence-corrected chi connectivity index (χ1v) is 8.19. The number of rotatable bonds is 2. The highest BCUT2D eigenvalue weighted by atomic mass is 16.5. The Labute approximate surface area is 145 Å². The van der Waals surface area contributed by atoms with Crippen molar-refractivity contribution in [2.45, 2.75) is 18.7 Å². The summed E-state index contributed by atoms with van der Waals surface area (Å²) >= 11 is 0. The molecule has 1 saturated heterocycles. The Bertz CT molecular complexity index is 839. The van der Waals surface area contributed by atoms with E-state index in [1.807, 2.05) is 54.6 Å². The highest BCUT2D eigenvalue weighted by molar-refractivity contribution is 5.96. The van der Waals surface area contributed by atoms with E-state index in [4.69, 9.17) is 4.74 Å². The van der Waals surface area contributed by atoms with Crippen molar-refractivity contribution in [2.24, 2.45) is 5.92 Å². The van der Waals surface area contributed by atoms with Crippen molar-refractivity contribution in [3.63, 3.8) is 0 Å². The lowest BCUT2D eigenvalue weighted by molar-refractivity contribution is -0.150. The van der Waals surface area contributed by atoms with Crippen LogP contribution in [0.3, 0.4) is 0 Å². The molecule has 6 nitrogen and oxygen atoms in total. The average molecular weight is 337 g/mol. The SMILES string of the molecule is CN1C(=O)NC2c3ccccc3O[C@]1(C)C2C(=O)Nc1ccccc1. The summed E-state index contributed by atoms with van der Waals surface area (Å²) in [6.07, 6.45) is 0. The Morgan fingerprint density at radius 2 is 1.84 bits per heavy atom. The Hall–Kier alpha value is -3.02. The molecule has 0 spiro atoms. The van der Waals surface area contributed by atoms with Crippen molar-refractivity contribution in [1.82, 2.24) is 10.2 Å². The van der Waals surface area contributed by atoms with E-state index >= 15 is 0 Å². The first kappa shape index (κ1) is 15.5. The van der Waals surface area contributed by atoms with Gasteiger partial charge in [0, 0.05) is 18.3 Å². The number of carbonyl (C=O) groups is 2. The molecule has 25 heavy (non-hydrogen) atoms. The maximum absolute atomic E-state index is 13.1. The molecule has 1 fully saturated rings. The number of benzene rings is 2. The molecule has 0 aliphatic carbocycles. The van der Waals surface area contributed by atoms with Gasteiger partial charge in [0.1, 0.15) is 11.7 Å². The summed E-state index contributed by atoms with van der Waals surface area (Å²) < 4.78 is 6.15. The predicted octanol–water partition coefficient (Wildman–Crippen LogP) is 2.75. The van der Waals surface area contributed by atoms with Crippen LogP contribution in [0.15, 0.2) is 54.6 Å². The Morgan fingerprint density at radius 3 is 2.60 bits per heavy atom. The van der Waals surface area contributed by atoms with Crippen molar-refractivity contribution in [3.8, 4) is 5.75 Å². The number of hydrogen-bond acceptors (Lipinski definition) is 3. The number of amides is 3. The fourth-order valence-corrected chi connectivity index (χ4v) is 3.61. The van der Waals surface area contributed by atoms with Crippen LogP contribution < -0.4 is 15.4 Å². The van der Waals surface area contributed by atoms with Crippen LogP contribution in [-0.2, 0) is 4.79 Å². The molecule has 2 heterocycles. The zero-order valence-electron chi connectivity index (χ0n) is 14.0. The van der Waals surface area contributed by atoms with E-state index in [-0.39, 0.29) is 11.9 Å². The lowest BCUT2D eigenvalue weighted by Crippen LogP contribution is -2.70. The Kier molecular flexibility index (Phi) is 3.42. The summed E-state index contributed by atoms with van der Waals surface area (Å²) in [4.78, 5) is 26.9. The van der Waals surface area contributed by atoms with E-state index in [2.05, 4.69) is 10.6 Å². The van der Waals surface area contributed by atoms with Gasteiger partial charge >= 0.3 is 6.03 Å². The molecule has 0 aromatic heterocycles. The first-order valence-electron chi connectivity index (χ1n) is 8.19. The maximum atomic E-state index is 13.1. The van der Waals surface area contributed by atoms with E-state index in [0.717, 1.165) is 5.56 Å². The lowest BCUT2D eigenvalue weighted by Gasteiger charge is -2.53. The number of nitrogens with one attached hydrogen (secondary N) is 2. The van der Waals surface area contributed by atoms with Gasteiger partial charge in [0.05, 0.1) is 6.04 Å². The Balaban J connectivity index is 1.76. The molecule has 2 aromatic rings. The van der Waals surface area contributed by atoms with Crippen LogP contribution in [0.5, 0.6) is 5.75 Å². The monoisotopic (exact) mass is 337 g/mol. The van der Waals surface area contributed by atoms with Crippen LogP contribution in [0.25, 0.3) is 0 Å². The van der Waals surface area contributed by atoms with Gasteiger partial charge < -0.3 is 15.4 Å². The van der Waals surface area contributed by atoms with Crippen LogP contribution in [0.2, 0.25) is 0 Å². The van der Waals surface area contributed by atoms with Gasteiger partial charge in [0.15, 0.2) is 5.72 Å². The molecule has 2 aromatic carbocycles. The molecule has 2 aliphatic rings. The summed E-state index contributed by atoms with van der Waals surface area (Å²) in [6.45, 7) is 1.78. The minimum absolute atomic E-state index is 0.194. The molecule has 3 atom stereocenters. The molecule has 2 aliphatic heterocycles. The lowest BCUT2D eigenvalue weighted by atomic mass is 9.79. The average Bonchev–Trinajstić information content (AvgIpc) is 2.60. The number of ether oxygens (including phenoxy) is 1. The second-order valence-electron chi connectivity index (χ2n) is 6.51. The Morgan fingerprint density at radius 1 is 1.16 bits per heavy atom. The van der Waals surface area contributed by atoms with Crippen LogP contribution >= 0.6 is 0 Å². The molecular weight excluding hydrogens is 318 g/mol. The van der Waals surface area contributed by atoms with Gasteiger partial charge in [-0.3, -0.25) is 9.69 Å². The van der Waals surface area contributed by atoms with E-state index in [9.17, 15) is 9.59 Å². The predicted molar refractivity (Wildman–Crippen MR) is 93.1 cm³/mol. The smallest absolute Gasteiger partial charge is 0.320 e. The number of hydrogen-bond donors (Lipinski definition) is 2. The van der Waals surface area contributed by atoms with Crippen molar-refractivity contribution >= 4 is 17.6 Å². The van der Waals surface area contributed by atoms with E-state index < -0.39 is 17.7 Å². The minimum atomic E-state index is -1.07.